The molecule has 138 valence electrons. The summed E-state index contributed by atoms with van der Waals surface area (Å²) in [5, 5.41) is 3.61. The molecule has 0 aliphatic heterocycles. The molecule has 27 heavy (non-hydrogen) atoms. The maximum Gasteiger partial charge on any atom is 0.291 e. The van der Waals surface area contributed by atoms with Crippen molar-refractivity contribution in [3.05, 3.63) is 81.7 Å². The molecule has 0 spiro atoms. The Morgan fingerprint density at radius 1 is 1.04 bits per heavy atom. The van der Waals surface area contributed by atoms with Crippen molar-refractivity contribution in [3.8, 4) is 5.75 Å². The second-order valence-electron chi connectivity index (χ2n) is 5.72. The van der Waals surface area contributed by atoms with E-state index in [-0.39, 0.29) is 18.2 Å². The quantitative estimate of drug-likeness (QED) is 0.542. The molecule has 0 radical (unpaired) electrons. The minimum Gasteiger partial charge on any atom is -0.484 e. The van der Waals surface area contributed by atoms with E-state index in [2.05, 4.69) is 5.32 Å². The summed E-state index contributed by atoms with van der Waals surface area (Å²) in [6.07, 6.45) is 0. The highest BCUT2D eigenvalue weighted by atomic mass is 35.5. The average molecular weight is 404 g/mol. The van der Waals surface area contributed by atoms with Crippen LogP contribution >= 0.6 is 23.2 Å². The lowest BCUT2D eigenvalue weighted by Crippen LogP contribution is -2.11. The molecule has 2 aromatic carbocycles. The summed E-state index contributed by atoms with van der Waals surface area (Å²) in [4.78, 5) is 23.5. The highest BCUT2D eigenvalue weighted by Crippen LogP contribution is 2.28. The second-order valence-corrected chi connectivity index (χ2v) is 6.56. The number of hydrogen-bond acceptors (Lipinski definition) is 4. The number of halogens is 2. The molecular formula is C20H15Cl2NO4. The number of ether oxygens (including phenoxy) is 1. The van der Waals surface area contributed by atoms with Crippen molar-refractivity contribution in [2.24, 2.45) is 0 Å². The summed E-state index contributed by atoms with van der Waals surface area (Å²) in [5.74, 6) is 0.643. The number of carbonyl (C=O) groups excluding carboxylic acids is 2. The van der Waals surface area contributed by atoms with Crippen LogP contribution in [0.15, 0.2) is 59.0 Å². The van der Waals surface area contributed by atoms with Crippen LogP contribution in [0.4, 0.5) is 5.69 Å². The van der Waals surface area contributed by atoms with Gasteiger partial charge in [0.05, 0.1) is 5.02 Å². The Morgan fingerprint density at radius 2 is 1.78 bits per heavy atom. The van der Waals surface area contributed by atoms with Gasteiger partial charge in [0, 0.05) is 16.3 Å². The molecule has 0 atom stereocenters. The molecule has 5 nitrogen and oxygen atoms in total. The predicted octanol–water partition coefficient (Wildman–Crippen LogP) is 5.62. The Balaban J connectivity index is 1.61. The van der Waals surface area contributed by atoms with Crippen molar-refractivity contribution < 1.29 is 18.7 Å². The first kappa shape index (κ1) is 19.0. The molecule has 0 aliphatic rings. The van der Waals surface area contributed by atoms with Gasteiger partial charge in [-0.2, -0.15) is 0 Å². The maximum atomic E-state index is 12.3. The minimum absolute atomic E-state index is 0.0376. The summed E-state index contributed by atoms with van der Waals surface area (Å²) >= 11 is 11.9. The first-order valence-electron chi connectivity index (χ1n) is 8.01. The number of amides is 1. The fourth-order valence-electron chi connectivity index (χ4n) is 2.30. The number of anilines is 1. The molecule has 1 amide bonds. The van der Waals surface area contributed by atoms with E-state index in [1.165, 1.54) is 6.92 Å². The van der Waals surface area contributed by atoms with Crippen molar-refractivity contribution in [2.45, 2.75) is 13.5 Å². The summed E-state index contributed by atoms with van der Waals surface area (Å²) in [7, 11) is 0. The van der Waals surface area contributed by atoms with Gasteiger partial charge in [-0.3, -0.25) is 9.59 Å². The summed E-state index contributed by atoms with van der Waals surface area (Å²) in [6, 6.07) is 14.7. The van der Waals surface area contributed by atoms with Gasteiger partial charge in [0.2, 0.25) is 0 Å². The average Bonchev–Trinajstić information content (AvgIpc) is 3.10. The molecule has 3 aromatic rings. The van der Waals surface area contributed by atoms with Gasteiger partial charge in [0.1, 0.15) is 18.1 Å². The third-order valence-electron chi connectivity index (χ3n) is 3.70. The smallest absolute Gasteiger partial charge is 0.291 e. The Labute approximate surface area is 165 Å². The molecular weight excluding hydrogens is 389 g/mol. The highest BCUT2D eigenvalue weighted by Gasteiger charge is 2.13. The molecule has 0 saturated heterocycles. The van der Waals surface area contributed by atoms with Crippen molar-refractivity contribution in [2.75, 3.05) is 5.32 Å². The highest BCUT2D eigenvalue weighted by molar-refractivity contribution is 6.35. The largest absolute Gasteiger partial charge is 0.484 e. The van der Waals surface area contributed by atoms with Gasteiger partial charge < -0.3 is 14.5 Å². The van der Waals surface area contributed by atoms with Gasteiger partial charge in [0.25, 0.3) is 5.91 Å². The van der Waals surface area contributed by atoms with Gasteiger partial charge in [-0.05, 0) is 61.5 Å². The molecule has 1 heterocycles. The van der Waals surface area contributed by atoms with E-state index in [1.54, 1.807) is 54.6 Å². The van der Waals surface area contributed by atoms with Gasteiger partial charge in [0.15, 0.2) is 11.5 Å². The molecule has 0 saturated carbocycles. The standard InChI is InChI=1S/C20H15Cl2NO4/c1-12(24)13-2-5-15(6-3-13)23-20(25)19-9-7-16(27-19)11-26-18-8-4-14(21)10-17(18)22/h2-10H,11H2,1H3,(H,23,25). The third-order valence-corrected chi connectivity index (χ3v) is 4.23. The van der Waals surface area contributed by atoms with Gasteiger partial charge in [-0.25, -0.2) is 0 Å². The molecule has 0 bridgehead atoms. The van der Waals surface area contributed by atoms with Crippen LogP contribution in [0.3, 0.4) is 0 Å². The van der Waals surface area contributed by atoms with Crippen LogP contribution in [0, 0.1) is 0 Å². The molecule has 0 aliphatic carbocycles. The van der Waals surface area contributed by atoms with Gasteiger partial charge >= 0.3 is 0 Å². The van der Waals surface area contributed by atoms with Crippen LogP contribution < -0.4 is 10.1 Å². The number of carbonyl (C=O) groups is 2. The van der Waals surface area contributed by atoms with E-state index in [9.17, 15) is 9.59 Å². The Morgan fingerprint density at radius 3 is 2.44 bits per heavy atom. The minimum atomic E-state index is -0.402. The number of ketones is 1. The Kier molecular flexibility index (Phi) is 5.84. The SMILES string of the molecule is CC(=O)c1ccc(NC(=O)c2ccc(COc3ccc(Cl)cc3Cl)o2)cc1. The van der Waals surface area contributed by atoms with E-state index in [4.69, 9.17) is 32.4 Å². The van der Waals surface area contributed by atoms with E-state index in [1.807, 2.05) is 0 Å². The topological polar surface area (TPSA) is 68.5 Å². The summed E-state index contributed by atoms with van der Waals surface area (Å²) < 4.78 is 11.1. The van der Waals surface area contributed by atoms with Crippen LogP contribution in [0.25, 0.3) is 0 Å². The number of furan rings is 1. The summed E-state index contributed by atoms with van der Waals surface area (Å²) in [6.45, 7) is 1.60. The normalized spacial score (nSPS) is 10.5. The third kappa shape index (κ3) is 4.90. The maximum absolute atomic E-state index is 12.3. The fraction of sp³-hybridized carbons (Fsp3) is 0.100. The lowest BCUT2D eigenvalue weighted by Gasteiger charge is -2.06. The molecule has 0 unspecified atom stereocenters. The number of hydrogen-bond donors (Lipinski definition) is 1. The summed E-state index contributed by atoms with van der Waals surface area (Å²) in [5.41, 5.74) is 1.14. The molecule has 1 N–H and O–H groups in total. The lowest BCUT2D eigenvalue weighted by molar-refractivity contribution is 0.0990. The Bertz CT molecular complexity index is 980. The zero-order valence-electron chi connectivity index (χ0n) is 14.3. The molecule has 7 heteroatoms. The van der Waals surface area contributed by atoms with E-state index < -0.39 is 5.91 Å². The first-order chi connectivity index (χ1) is 12.9. The molecule has 3 rings (SSSR count). The van der Waals surface area contributed by atoms with E-state index in [0.717, 1.165) is 0 Å². The van der Waals surface area contributed by atoms with Crippen molar-refractivity contribution >= 4 is 40.6 Å². The number of nitrogens with one attached hydrogen (secondary N) is 1. The van der Waals surface area contributed by atoms with Gasteiger partial charge in [-0.1, -0.05) is 23.2 Å². The monoisotopic (exact) mass is 403 g/mol. The molecule has 0 fully saturated rings. The van der Waals surface area contributed by atoms with E-state index >= 15 is 0 Å². The Hall–Kier alpha value is -2.76. The van der Waals surface area contributed by atoms with Crippen LogP contribution in [-0.4, -0.2) is 11.7 Å². The van der Waals surface area contributed by atoms with Crippen LogP contribution in [0.1, 0.15) is 33.6 Å². The molecule has 1 aromatic heterocycles. The van der Waals surface area contributed by atoms with Crippen molar-refractivity contribution in [1.82, 2.24) is 0 Å². The second kappa shape index (κ2) is 8.29. The van der Waals surface area contributed by atoms with Crippen LogP contribution in [-0.2, 0) is 6.61 Å². The van der Waals surface area contributed by atoms with Crippen LogP contribution in [0.2, 0.25) is 10.0 Å². The number of rotatable bonds is 6. The first-order valence-corrected chi connectivity index (χ1v) is 8.77. The zero-order chi connectivity index (χ0) is 19.4. The van der Waals surface area contributed by atoms with Crippen LogP contribution in [0.5, 0.6) is 5.75 Å². The van der Waals surface area contributed by atoms with Crippen molar-refractivity contribution in [3.63, 3.8) is 0 Å². The van der Waals surface area contributed by atoms with Crippen molar-refractivity contribution in [1.29, 1.82) is 0 Å². The number of Topliss-reactive ketones (excluding diaryl/α,β-unsaturated/α-hetero) is 1. The lowest BCUT2D eigenvalue weighted by atomic mass is 10.1. The number of benzene rings is 2. The van der Waals surface area contributed by atoms with Gasteiger partial charge in [-0.15, -0.1) is 0 Å². The predicted molar refractivity (Wildman–Crippen MR) is 104 cm³/mol. The fourth-order valence-corrected chi connectivity index (χ4v) is 2.76. The zero-order valence-corrected chi connectivity index (χ0v) is 15.8. The van der Waals surface area contributed by atoms with E-state index in [0.29, 0.717) is 32.8 Å².